The Morgan fingerprint density at radius 1 is 1.32 bits per heavy atom. The summed E-state index contributed by atoms with van der Waals surface area (Å²) in [6.07, 6.45) is 4.92. The number of hydrogen-bond donors (Lipinski definition) is 1. The van der Waals surface area contributed by atoms with E-state index in [-0.39, 0.29) is 17.9 Å². The summed E-state index contributed by atoms with van der Waals surface area (Å²) in [6.45, 7) is 0. The van der Waals surface area contributed by atoms with Crippen molar-refractivity contribution in [2.45, 2.75) is 25.2 Å². The maximum absolute atomic E-state index is 5.70. The number of nitrogens with two attached hydrogens (primary N) is 1. The number of pyridine rings is 1. The molecule has 0 radical (unpaired) electrons. The van der Waals surface area contributed by atoms with Crippen LogP contribution in [0.25, 0.3) is 0 Å². The summed E-state index contributed by atoms with van der Waals surface area (Å²) < 4.78 is 5.05. The smallest absolute Gasteiger partial charge is 0.321 e. The van der Waals surface area contributed by atoms with Crippen LogP contribution in [0, 0.1) is 0 Å². The summed E-state index contributed by atoms with van der Waals surface area (Å²) in [5.41, 5.74) is 8.00. The monoisotopic (exact) mass is 257 g/mol. The van der Waals surface area contributed by atoms with E-state index in [4.69, 9.17) is 10.5 Å². The molecule has 3 rings (SSSR count). The highest BCUT2D eigenvalue weighted by Gasteiger charge is 2.26. The van der Waals surface area contributed by atoms with Gasteiger partial charge in [0.25, 0.3) is 0 Å². The first-order chi connectivity index (χ1) is 9.28. The molecule has 0 aliphatic heterocycles. The van der Waals surface area contributed by atoms with Crippen molar-refractivity contribution in [2.75, 3.05) is 12.8 Å². The number of hydrogen-bond acceptors (Lipinski definition) is 6. The van der Waals surface area contributed by atoms with E-state index in [2.05, 4.69) is 26.0 Å². The molecular formula is C13H15N5O. The van der Waals surface area contributed by atoms with Crippen molar-refractivity contribution in [1.82, 2.24) is 19.9 Å². The van der Waals surface area contributed by atoms with Crippen molar-refractivity contribution < 1.29 is 4.74 Å². The molecule has 1 aliphatic carbocycles. The molecule has 0 saturated carbocycles. The van der Waals surface area contributed by atoms with Crippen LogP contribution < -0.4 is 10.5 Å². The second kappa shape index (κ2) is 4.79. The Balaban J connectivity index is 2.06. The summed E-state index contributed by atoms with van der Waals surface area (Å²) in [4.78, 5) is 16.9. The van der Waals surface area contributed by atoms with Crippen LogP contribution in [-0.4, -0.2) is 27.0 Å². The molecule has 6 heteroatoms. The van der Waals surface area contributed by atoms with Gasteiger partial charge in [0.05, 0.1) is 18.7 Å². The maximum Gasteiger partial charge on any atom is 0.321 e. The Labute approximate surface area is 111 Å². The van der Waals surface area contributed by atoms with Crippen molar-refractivity contribution in [3.63, 3.8) is 0 Å². The molecule has 0 fully saturated rings. The maximum atomic E-state index is 5.70. The molecular weight excluding hydrogens is 242 g/mol. The summed E-state index contributed by atoms with van der Waals surface area (Å²) in [5, 5.41) is 0. The summed E-state index contributed by atoms with van der Waals surface area (Å²) in [5.74, 6) is 0.901. The normalized spacial score (nSPS) is 17.8. The van der Waals surface area contributed by atoms with Crippen LogP contribution >= 0.6 is 0 Å². The lowest BCUT2D eigenvalue weighted by atomic mass is 9.86. The summed E-state index contributed by atoms with van der Waals surface area (Å²) in [7, 11) is 1.52. The first-order valence-corrected chi connectivity index (χ1v) is 6.27. The van der Waals surface area contributed by atoms with Crippen LogP contribution in [0.3, 0.4) is 0 Å². The molecule has 0 spiro atoms. The van der Waals surface area contributed by atoms with Gasteiger partial charge in [-0.1, -0.05) is 6.07 Å². The Morgan fingerprint density at radius 2 is 2.21 bits per heavy atom. The van der Waals surface area contributed by atoms with Crippen LogP contribution in [0.4, 0.5) is 5.95 Å². The van der Waals surface area contributed by atoms with Gasteiger partial charge in [-0.05, 0) is 30.9 Å². The van der Waals surface area contributed by atoms with E-state index < -0.39 is 0 Å². The largest absolute Gasteiger partial charge is 0.467 e. The molecule has 2 heterocycles. The third kappa shape index (κ3) is 2.21. The molecule has 0 aromatic carbocycles. The third-order valence-electron chi connectivity index (χ3n) is 3.34. The molecule has 19 heavy (non-hydrogen) atoms. The van der Waals surface area contributed by atoms with E-state index in [1.165, 1.54) is 12.7 Å². The van der Waals surface area contributed by atoms with Crippen LogP contribution in [0.1, 0.15) is 35.8 Å². The van der Waals surface area contributed by atoms with Crippen LogP contribution in [0.15, 0.2) is 18.3 Å². The van der Waals surface area contributed by atoms with Gasteiger partial charge in [0.1, 0.15) is 5.82 Å². The first kappa shape index (κ1) is 11.8. The third-order valence-corrected chi connectivity index (χ3v) is 3.34. The zero-order valence-electron chi connectivity index (χ0n) is 10.7. The highest BCUT2D eigenvalue weighted by atomic mass is 16.5. The predicted molar refractivity (Wildman–Crippen MR) is 69.8 cm³/mol. The molecule has 0 bridgehead atoms. The average Bonchev–Trinajstić information content (AvgIpc) is 2.46. The molecule has 2 aromatic heterocycles. The minimum Gasteiger partial charge on any atom is -0.467 e. The SMILES string of the molecule is COc1nc(N)nc(C2CCCc3cccnc32)n1. The lowest BCUT2D eigenvalue weighted by Gasteiger charge is -2.23. The molecule has 2 N–H and O–H groups in total. The van der Waals surface area contributed by atoms with Gasteiger partial charge < -0.3 is 10.5 Å². The van der Waals surface area contributed by atoms with Crippen molar-refractivity contribution in [3.8, 4) is 6.01 Å². The molecule has 1 unspecified atom stereocenters. The number of aromatic nitrogens is 4. The minimum absolute atomic E-state index is 0.0733. The molecule has 0 saturated heterocycles. The fraction of sp³-hybridized carbons (Fsp3) is 0.385. The Kier molecular flexibility index (Phi) is 2.98. The minimum atomic E-state index is 0.0733. The van der Waals surface area contributed by atoms with Gasteiger partial charge in [-0.2, -0.15) is 15.0 Å². The highest BCUT2D eigenvalue weighted by Crippen LogP contribution is 2.33. The molecule has 2 aromatic rings. The Morgan fingerprint density at radius 3 is 3.05 bits per heavy atom. The van der Waals surface area contributed by atoms with Crippen LogP contribution in [0.2, 0.25) is 0 Å². The lowest BCUT2D eigenvalue weighted by molar-refractivity contribution is 0.374. The number of anilines is 1. The van der Waals surface area contributed by atoms with Crippen molar-refractivity contribution in [3.05, 3.63) is 35.4 Å². The molecule has 6 nitrogen and oxygen atoms in total. The number of rotatable bonds is 2. The van der Waals surface area contributed by atoms with Gasteiger partial charge in [-0.15, -0.1) is 0 Å². The van der Waals surface area contributed by atoms with Crippen LogP contribution in [0.5, 0.6) is 6.01 Å². The van der Waals surface area contributed by atoms with Gasteiger partial charge >= 0.3 is 6.01 Å². The number of fused-ring (bicyclic) bond motifs is 1. The second-order valence-electron chi connectivity index (χ2n) is 4.53. The Hall–Kier alpha value is -2.24. The van der Waals surface area contributed by atoms with E-state index in [0.29, 0.717) is 5.82 Å². The number of aryl methyl sites for hydroxylation is 1. The Bertz CT molecular complexity index is 601. The van der Waals surface area contributed by atoms with Gasteiger partial charge in [0, 0.05) is 6.20 Å². The fourth-order valence-electron chi connectivity index (χ4n) is 2.50. The predicted octanol–water partition coefficient (Wildman–Crippen LogP) is 1.33. The number of nitrogens with zero attached hydrogens (tertiary/aromatic N) is 4. The highest BCUT2D eigenvalue weighted by molar-refractivity contribution is 5.32. The first-order valence-electron chi connectivity index (χ1n) is 6.27. The van der Waals surface area contributed by atoms with E-state index in [1.807, 2.05) is 6.07 Å². The van der Waals surface area contributed by atoms with Gasteiger partial charge in [-0.25, -0.2) is 0 Å². The molecule has 1 atom stereocenters. The van der Waals surface area contributed by atoms with Crippen LogP contribution in [-0.2, 0) is 6.42 Å². The van der Waals surface area contributed by atoms with Gasteiger partial charge in [-0.3, -0.25) is 4.98 Å². The topological polar surface area (TPSA) is 86.8 Å². The zero-order valence-corrected chi connectivity index (χ0v) is 10.7. The van der Waals surface area contributed by atoms with Crippen molar-refractivity contribution in [1.29, 1.82) is 0 Å². The van der Waals surface area contributed by atoms with Crippen molar-refractivity contribution in [2.24, 2.45) is 0 Å². The fourth-order valence-corrected chi connectivity index (χ4v) is 2.50. The molecule has 0 amide bonds. The van der Waals surface area contributed by atoms with E-state index >= 15 is 0 Å². The number of nitrogen functional groups attached to an aromatic ring is 1. The second-order valence-corrected chi connectivity index (χ2v) is 4.53. The number of ether oxygens (including phenoxy) is 1. The zero-order chi connectivity index (χ0) is 13.2. The van der Waals surface area contributed by atoms with Gasteiger partial charge in [0.15, 0.2) is 0 Å². The summed E-state index contributed by atoms with van der Waals surface area (Å²) >= 11 is 0. The van der Waals surface area contributed by atoms with E-state index in [1.54, 1.807) is 6.20 Å². The number of methoxy groups -OCH3 is 1. The van der Waals surface area contributed by atoms with Crippen molar-refractivity contribution >= 4 is 5.95 Å². The quantitative estimate of drug-likeness (QED) is 0.873. The molecule has 98 valence electrons. The van der Waals surface area contributed by atoms with Gasteiger partial charge in [0.2, 0.25) is 5.95 Å². The average molecular weight is 257 g/mol. The summed E-state index contributed by atoms with van der Waals surface area (Å²) in [6, 6.07) is 4.32. The lowest BCUT2D eigenvalue weighted by Crippen LogP contribution is -2.17. The standard InChI is InChI=1S/C13H15N5O/c1-19-13-17-11(16-12(14)18-13)9-6-2-4-8-5-3-7-15-10(8)9/h3,5,7,9H,2,4,6H2,1H3,(H2,14,16,17,18). The van der Waals surface area contributed by atoms with E-state index in [0.717, 1.165) is 25.0 Å². The molecule has 1 aliphatic rings. The van der Waals surface area contributed by atoms with E-state index in [9.17, 15) is 0 Å².